The third-order valence-corrected chi connectivity index (χ3v) is 4.96. The van der Waals surface area contributed by atoms with Crippen molar-refractivity contribution < 1.29 is 0 Å². The van der Waals surface area contributed by atoms with Gasteiger partial charge in [-0.05, 0) is 39.3 Å². The Morgan fingerprint density at radius 3 is 2.45 bits per heavy atom. The molecule has 4 nitrogen and oxygen atoms in total. The van der Waals surface area contributed by atoms with Crippen LogP contribution in [-0.2, 0) is 0 Å². The molecule has 0 bridgehead atoms. The summed E-state index contributed by atoms with van der Waals surface area (Å²) in [7, 11) is 8.58. The standard InChI is InChI=1S/C16H32N4/c1-6-15(19(2)3)18-14-11-16(20(4)5)17-13-10-8-7-9-12(13)14/h12-14,16-17H,6-11H2,1-5H3. The summed E-state index contributed by atoms with van der Waals surface area (Å²) < 4.78 is 0. The summed E-state index contributed by atoms with van der Waals surface area (Å²) in [6.45, 7) is 2.21. The number of aliphatic imine (C=N–C) groups is 1. The van der Waals surface area contributed by atoms with Crippen LogP contribution in [0.2, 0.25) is 0 Å². The largest absolute Gasteiger partial charge is 0.366 e. The van der Waals surface area contributed by atoms with Crippen LogP contribution < -0.4 is 5.32 Å². The van der Waals surface area contributed by atoms with Crippen molar-refractivity contribution in [3.63, 3.8) is 0 Å². The maximum Gasteiger partial charge on any atom is 0.0984 e. The fourth-order valence-electron chi connectivity index (χ4n) is 3.77. The molecule has 2 aliphatic rings. The second-order valence-electron chi connectivity index (χ2n) is 6.80. The number of amidine groups is 1. The molecule has 1 heterocycles. The van der Waals surface area contributed by atoms with Crippen LogP contribution in [0.25, 0.3) is 0 Å². The molecular formula is C16H32N4. The number of fused-ring (bicyclic) bond motifs is 1. The first kappa shape index (κ1) is 15.8. The van der Waals surface area contributed by atoms with Crippen LogP contribution in [0.5, 0.6) is 0 Å². The summed E-state index contributed by atoms with van der Waals surface area (Å²) in [6, 6.07) is 1.16. The predicted molar refractivity (Wildman–Crippen MR) is 86.2 cm³/mol. The maximum absolute atomic E-state index is 5.15. The Hall–Kier alpha value is -0.610. The van der Waals surface area contributed by atoms with Gasteiger partial charge in [-0.2, -0.15) is 0 Å². The topological polar surface area (TPSA) is 30.9 Å². The Morgan fingerprint density at radius 2 is 1.85 bits per heavy atom. The molecule has 1 saturated heterocycles. The van der Waals surface area contributed by atoms with E-state index in [4.69, 9.17) is 4.99 Å². The first-order valence-corrected chi connectivity index (χ1v) is 8.19. The fourth-order valence-corrected chi connectivity index (χ4v) is 3.77. The molecule has 0 radical (unpaired) electrons. The highest BCUT2D eigenvalue weighted by atomic mass is 15.3. The average molecular weight is 280 g/mol. The van der Waals surface area contributed by atoms with Crippen molar-refractivity contribution in [2.24, 2.45) is 10.9 Å². The lowest BCUT2D eigenvalue weighted by atomic mass is 9.75. The fraction of sp³-hybridized carbons (Fsp3) is 0.938. The highest BCUT2D eigenvalue weighted by Gasteiger charge is 2.39. The number of nitrogens with one attached hydrogen (secondary N) is 1. The Morgan fingerprint density at radius 1 is 1.15 bits per heavy atom. The van der Waals surface area contributed by atoms with Crippen LogP contribution in [0, 0.1) is 5.92 Å². The lowest BCUT2D eigenvalue weighted by molar-refractivity contribution is 0.0885. The Labute approximate surface area is 124 Å². The van der Waals surface area contributed by atoms with Gasteiger partial charge in [-0.25, -0.2) is 0 Å². The number of hydrogen-bond acceptors (Lipinski definition) is 3. The molecule has 1 aliphatic heterocycles. The first-order valence-electron chi connectivity index (χ1n) is 8.19. The van der Waals surface area contributed by atoms with Crippen molar-refractivity contribution in [2.75, 3.05) is 28.2 Å². The number of nitrogens with zero attached hydrogens (tertiary/aromatic N) is 3. The molecule has 4 unspecified atom stereocenters. The second kappa shape index (κ2) is 6.90. The molecule has 0 spiro atoms. The van der Waals surface area contributed by atoms with Gasteiger partial charge in [0.2, 0.25) is 0 Å². The van der Waals surface area contributed by atoms with E-state index in [1.54, 1.807) is 0 Å². The highest BCUT2D eigenvalue weighted by Crippen LogP contribution is 2.35. The third kappa shape index (κ3) is 3.53. The van der Waals surface area contributed by atoms with E-state index in [1.807, 2.05) is 0 Å². The molecule has 0 aromatic carbocycles. The Kier molecular flexibility index (Phi) is 5.44. The molecule has 1 saturated carbocycles. The summed E-state index contributed by atoms with van der Waals surface area (Å²) in [6.07, 6.45) is 8.07. The van der Waals surface area contributed by atoms with Gasteiger partial charge in [-0.1, -0.05) is 19.8 Å². The van der Waals surface area contributed by atoms with Crippen LogP contribution in [0.3, 0.4) is 0 Å². The van der Waals surface area contributed by atoms with Gasteiger partial charge in [0.05, 0.1) is 18.0 Å². The third-order valence-electron chi connectivity index (χ3n) is 4.96. The zero-order chi connectivity index (χ0) is 14.7. The van der Waals surface area contributed by atoms with Crippen molar-refractivity contribution in [3.05, 3.63) is 0 Å². The minimum absolute atomic E-state index is 0.475. The maximum atomic E-state index is 5.15. The van der Waals surface area contributed by atoms with Gasteiger partial charge in [0.25, 0.3) is 0 Å². The van der Waals surface area contributed by atoms with Crippen molar-refractivity contribution in [1.82, 2.24) is 15.1 Å². The van der Waals surface area contributed by atoms with Crippen molar-refractivity contribution in [1.29, 1.82) is 0 Å². The molecule has 0 aromatic rings. The number of hydrogen-bond donors (Lipinski definition) is 1. The van der Waals surface area contributed by atoms with Crippen molar-refractivity contribution in [3.8, 4) is 0 Å². The van der Waals surface area contributed by atoms with Gasteiger partial charge in [-0.15, -0.1) is 0 Å². The normalized spacial score (nSPS) is 35.0. The summed E-state index contributed by atoms with van der Waals surface area (Å²) in [5, 5.41) is 3.85. The van der Waals surface area contributed by atoms with Crippen LogP contribution >= 0.6 is 0 Å². The summed E-state index contributed by atoms with van der Waals surface area (Å²) in [5.74, 6) is 1.99. The monoisotopic (exact) mass is 280 g/mol. The van der Waals surface area contributed by atoms with Gasteiger partial charge in [0.15, 0.2) is 0 Å². The molecule has 2 fully saturated rings. The SMILES string of the molecule is CCC(=NC1CC(N(C)C)NC2CCCCC12)N(C)C. The first-order chi connectivity index (χ1) is 9.52. The van der Waals surface area contributed by atoms with Gasteiger partial charge in [-0.3, -0.25) is 15.2 Å². The van der Waals surface area contributed by atoms with Crippen LogP contribution in [0.15, 0.2) is 4.99 Å². The summed E-state index contributed by atoms with van der Waals surface area (Å²) in [4.78, 5) is 9.65. The summed E-state index contributed by atoms with van der Waals surface area (Å²) >= 11 is 0. The van der Waals surface area contributed by atoms with E-state index in [0.717, 1.165) is 18.8 Å². The molecular weight excluding hydrogens is 248 g/mol. The molecule has 116 valence electrons. The molecule has 0 amide bonds. The zero-order valence-corrected chi connectivity index (χ0v) is 13.9. The molecule has 1 aliphatic carbocycles. The quantitative estimate of drug-likeness (QED) is 0.635. The van der Waals surface area contributed by atoms with Crippen molar-refractivity contribution in [2.45, 2.75) is 63.7 Å². The lowest BCUT2D eigenvalue weighted by Gasteiger charge is -2.46. The van der Waals surface area contributed by atoms with Gasteiger partial charge in [0.1, 0.15) is 0 Å². The highest BCUT2D eigenvalue weighted by molar-refractivity contribution is 5.81. The van der Waals surface area contributed by atoms with E-state index < -0.39 is 0 Å². The Balaban J connectivity index is 2.18. The zero-order valence-electron chi connectivity index (χ0n) is 13.9. The van der Waals surface area contributed by atoms with Crippen LogP contribution in [0.1, 0.15) is 45.4 Å². The van der Waals surface area contributed by atoms with Crippen molar-refractivity contribution >= 4 is 5.84 Å². The van der Waals surface area contributed by atoms with Crippen LogP contribution in [-0.4, -0.2) is 62.1 Å². The molecule has 2 rings (SSSR count). The lowest BCUT2D eigenvalue weighted by Crippen LogP contribution is -2.58. The van der Waals surface area contributed by atoms with E-state index in [-0.39, 0.29) is 0 Å². The molecule has 4 heteroatoms. The average Bonchev–Trinajstić information content (AvgIpc) is 2.43. The summed E-state index contributed by atoms with van der Waals surface area (Å²) in [5.41, 5.74) is 0. The molecule has 1 N–H and O–H groups in total. The minimum atomic E-state index is 0.475. The van der Waals surface area contributed by atoms with Gasteiger partial charge < -0.3 is 4.90 Å². The number of rotatable bonds is 3. The molecule has 20 heavy (non-hydrogen) atoms. The van der Waals surface area contributed by atoms with E-state index in [9.17, 15) is 0 Å². The van der Waals surface area contributed by atoms with Crippen LogP contribution in [0.4, 0.5) is 0 Å². The van der Waals surface area contributed by atoms with E-state index >= 15 is 0 Å². The number of piperidine rings is 1. The smallest absolute Gasteiger partial charge is 0.0984 e. The van der Waals surface area contributed by atoms with E-state index in [1.165, 1.54) is 31.5 Å². The van der Waals surface area contributed by atoms with Gasteiger partial charge in [0, 0.05) is 26.6 Å². The van der Waals surface area contributed by atoms with E-state index in [0.29, 0.717) is 18.2 Å². The molecule has 0 aromatic heterocycles. The molecule has 4 atom stereocenters. The van der Waals surface area contributed by atoms with Gasteiger partial charge >= 0.3 is 0 Å². The predicted octanol–water partition coefficient (Wildman–Crippen LogP) is 2.16. The Bertz CT molecular complexity index is 337. The second-order valence-corrected chi connectivity index (χ2v) is 6.80. The van der Waals surface area contributed by atoms with E-state index in [2.05, 4.69) is 50.2 Å². The minimum Gasteiger partial charge on any atom is -0.366 e.